The number of terminal acetylenes is 1. The Morgan fingerprint density at radius 1 is 0.881 bits per heavy atom. The van der Waals surface area contributed by atoms with Gasteiger partial charge in [-0.15, -0.1) is 6.42 Å². The molecule has 3 aromatic carbocycles. The van der Waals surface area contributed by atoms with Gasteiger partial charge in [0.1, 0.15) is 18.2 Å². The summed E-state index contributed by atoms with van der Waals surface area (Å²) in [6.07, 6.45) is 12.8. The van der Waals surface area contributed by atoms with Gasteiger partial charge in [0.2, 0.25) is 0 Å². The van der Waals surface area contributed by atoms with Crippen molar-refractivity contribution in [3.05, 3.63) is 119 Å². The highest BCUT2D eigenvalue weighted by Gasteiger charge is 2.15. The topological polar surface area (TPSA) is 102 Å². The maximum absolute atomic E-state index is 13.0. The number of amides is 2. The fraction of sp³-hybridized carbons (Fsp3) is 0.118. The second-order valence-corrected chi connectivity index (χ2v) is 9.59. The number of carbonyl (C=O) groups excluding carboxylic acids is 3. The fourth-order valence-corrected chi connectivity index (χ4v) is 4.39. The van der Waals surface area contributed by atoms with Gasteiger partial charge in [-0.2, -0.15) is 5.10 Å². The third-order valence-electron chi connectivity index (χ3n) is 6.67. The number of nitrogens with zero attached hydrogens (tertiary/aromatic N) is 2. The van der Waals surface area contributed by atoms with Gasteiger partial charge in [0.25, 0.3) is 11.8 Å². The number of carbonyl (C=O) groups is 3. The molecular weight excluding hydrogens is 528 g/mol. The van der Waals surface area contributed by atoms with Crippen LogP contribution in [0.5, 0.6) is 5.75 Å². The van der Waals surface area contributed by atoms with E-state index in [1.54, 1.807) is 66.3 Å². The molecule has 2 amide bonds. The van der Waals surface area contributed by atoms with Gasteiger partial charge in [0, 0.05) is 46.6 Å². The number of benzene rings is 3. The van der Waals surface area contributed by atoms with Crippen molar-refractivity contribution >= 4 is 29.1 Å². The molecule has 2 N–H and O–H groups in total. The van der Waals surface area contributed by atoms with E-state index in [9.17, 15) is 14.4 Å². The van der Waals surface area contributed by atoms with Gasteiger partial charge in [0.05, 0.1) is 5.69 Å². The maximum atomic E-state index is 13.0. The number of aromatic nitrogens is 2. The summed E-state index contributed by atoms with van der Waals surface area (Å²) in [5, 5.41) is 10.3. The fourth-order valence-electron chi connectivity index (χ4n) is 4.39. The van der Waals surface area contributed by atoms with Crippen molar-refractivity contribution in [2.45, 2.75) is 12.8 Å². The first-order chi connectivity index (χ1) is 20.4. The Kier molecular flexibility index (Phi) is 8.40. The Hall–Kier alpha value is -5.68. The molecular formula is C34H28N4O4. The third kappa shape index (κ3) is 6.54. The van der Waals surface area contributed by atoms with Crippen molar-refractivity contribution in [3.8, 4) is 29.4 Å². The highest BCUT2D eigenvalue weighted by Crippen LogP contribution is 2.24. The highest BCUT2D eigenvalue weighted by molar-refractivity contribution is 6.10. The summed E-state index contributed by atoms with van der Waals surface area (Å²) in [7, 11) is 1.74. The predicted molar refractivity (Wildman–Crippen MR) is 162 cm³/mol. The van der Waals surface area contributed by atoms with Gasteiger partial charge >= 0.3 is 0 Å². The summed E-state index contributed by atoms with van der Waals surface area (Å²) in [6, 6.07) is 22.3. The lowest BCUT2D eigenvalue weighted by Crippen LogP contribution is -2.14. The van der Waals surface area contributed by atoms with Crippen LogP contribution >= 0.6 is 0 Å². The average molecular weight is 557 g/mol. The van der Waals surface area contributed by atoms with Gasteiger partial charge in [-0.25, -0.2) is 0 Å². The largest absolute Gasteiger partial charge is 0.481 e. The summed E-state index contributed by atoms with van der Waals surface area (Å²) in [4.78, 5) is 38.2. The molecule has 5 rings (SSSR count). The van der Waals surface area contributed by atoms with Crippen LogP contribution in [0, 0.1) is 12.3 Å². The normalized spacial score (nSPS) is 12.1. The zero-order valence-electron chi connectivity index (χ0n) is 23.0. The van der Waals surface area contributed by atoms with Crippen LogP contribution in [0.3, 0.4) is 0 Å². The molecule has 1 aliphatic carbocycles. The van der Waals surface area contributed by atoms with Crippen LogP contribution < -0.4 is 15.4 Å². The van der Waals surface area contributed by atoms with Crippen LogP contribution in [-0.4, -0.2) is 34.0 Å². The molecule has 1 aromatic heterocycles. The lowest BCUT2D eigenvalue weighted by Gasteiger charge is -2.08. The molecule has 0 saturated heterocycles. The molecule has 208 valence electrons. The van der Waals surface area contributed by atoms with Crippen LogP contribution in [0.15, 0.2) is 103 Å². The number of allylic oxidation sites excluding steroid dienone is 2. The van der Waals surface area contributed by atoms with E-state index in [1.807, 2.05) is 42.5 Å². The third-order valence-corrected chi connectivity index (χ3v) is 6.67. The van der Waals surface area contributed by atoms with E-state index in [0.717, 1.165) is 18.4 Å². The van der Waals surface area contributed by atoms with E-state index >= 15 is 0 Å². The summed E-state index contributed by atoms with van der Waals surface area (Å²) in [5.74, 6) is 2.85. The molecule has 42 heavy (non-hydrogen) atoms. The Morgan fingerprint density at radius 2 is 1.55 bits per heavy atom. The molecule has 0 saturated carbocycles. The number of ketones is 1. The summed E-state index contributed by atoms with van der Waals surface area (Å²) in [5.41, 5.74) is 4.19. The number of rotatable bonds is 9. The molecule has 0 radical (unpaired) electrons. The second kappa shape index (κ2) is 12.7. The lowest BCUT2D eigenvalue weighted by molar-refractivity contribution is -0.112. The predicted octanol–water partition coefficient (Wildman–Crippen LogP) is 5.80. The first kappa shape index (κ1) is 27.9. The smallest absolute Gasteiger partial charge is 0.256 e. The lowest BCUT2D eigenvalue weighted by atomic mass is 10.0. The van der Waals surface area contributed by atoms with E-state index in [1.165, 1.54) is 0 Å². The molecule has 0 spiro atoms. The minimum Gasteiger partial charge on any atom is -0.481 e. The molecule has 1 heterocycles. The van der Waals surface area contributed by atoms with Crippen LogP contribution in [0.25, 0.3) is 11.3 Å². The minimum atomic E-state index is -0.331. The second-order valence-electron chi connectivity index (χ2n) is 9.59. The van der Waals surface area contributed by atoms with Gasteiger partial charge < -0.3 is 15.4 Å². The van der Waals surface area contributed by atoms with Gasteiger partial charge in [0.15, 0.2) is 5.78 Å². The summed E-state index contributed by atoms with van der Waals surface area (Å²) >= 11 is 0. The number of hydrogen-bond donors (Lipinski definition) is 2. The van der Waals surface area contributed by atoms with Gasteiger partial charge in [-0.1, -0.05) is 48.4 Å². The molecule has 0 aliphatic heterocycles. The zero-order valence-corrected chi connectivity index (χ0v) is 23.0. The minimum absolute atomic E-state index is 0.139. The van der Waals surface area contributed by atoms with Crippen LogP contribution in [0.2, 0.25) is 0 Å². The first-order valence-corrected chi connectivity index (χ1v) is 13.4. The quantitative estimate of drug-likeness (QED) is 0.201. The average Bonchev–Trinajstić information content (AvgIpc) is 3.40. The van der Waals surface area contributed by atoms with Crippen molar-refractivity contribution in [1.82, 2.24) is 9.78 Å². The van der Waals surface area contributed by atoms with Crippen molar-refractivity contribution in [1.29, 1.82) is 0 Å². The standard InChI is InChI=1S/C34H28N4O4/c1-3-21-42-29-19-15-25(16-20-29)32(39)24-9-11-27(12-10-24)34(41)36-31-22-30(37-38(31)2)23-13-17-28(18-14-23)35-33(40)26-7-5-4-6-8-26/h1,5,7-20,22H,4,6,21H2,2H3,(H,35,40)(H,36,41). The molecule has 0 fully saturated rings. The summed E-state index contributed by atoms with van der Waals surface area (Å²) < 4.78 is 6.93. The van der Waals surface area contributed by atoms with Gasteiger partial charge in [-0.05, 0) is 61.4 Å². The van der Waals surface area contributed by atoms with E-state index in [2.05, 4.69) is 21.7 Å². The van der Waals surface area contributed by atoms with Crippen LogP contribution in [-0.2, 0) is 11.8 Å². The van der Waals surface area contributed by atoms with Crippen LogP contribution in [0.4, 0.5) is 11.5 Å². The van der Waals surface area contributed by atoms with Crippen LogP contribution in [0.1, 0.15) is 39.1 Å². The highest BCUT2D eigenvalue weighted by atomic mass is 16.5. The number of anilines is 2. The van der Waals surface area contributed by atoms with E-state index in [0.29, 0.717) is 45.2 Å². The zero-order chi connectivity index (χ0) is 29.5. The molecule has 0 atom stereocenters. The first-order valence-electron chi connectivity index (χ1n) is 13.4. The van der Waals surface area contributed by atoms with E-state index < -0.39 is 0 Å². The van der Waals surface area contributed by atoms with E-state index in [-0.39, 0.29) is 24.2 Å². The maximum Gasteiger partial charge on any atom is 0.256 e. The number of ether oxygens (including phenoxy) is 1. The number of aryl methyl sites for hydroxylation is 1. The Morgan fingerprint density at radius 3 is 2.19 bits per heavy atom. The molecule has 8 nitrogen and oxygen atoms in total. The molecule has 1 aliphatic rings. The molecule has 0 bridgehead atoms. The monoisotopic (exact) mass is 556 g/mol. The molecule has 4 aromatic rings. The van der Waals surface area contributed by atoms with Crippen molar-refractivity contribution < 1.29 is 19.1 Å². The summed E-state index contributed by atoms with van der Waals surface area (Å²) in [6.45, 7) is 0.155. The number of nitrogens with one attached hydrogen (secondary N) is 2. The van der Waals surface area contributed by atoms with Gasteiger partial charge in [-0.3, -0.25) is 19.1 Å². The Balaban J connectivity index is 1.21. The molecule has 0 unspecified atom stereocenters. The number of hydrogen-bond acceptors (Lipinski definition) is 5. The Bertz CT molecular complexity index is 1720. The Labute approximate surface area is 243 Å². The van der Waals surface area contributed by atoms with E-state index in [4.69, 9.17) is 11.2 Å². The molecule has 8 heteroatoms. The van der Waals surface area contributed by atoms with Crippen molar-refractivity contribution in [2.75, 3.05) is 17.2 Å². The van der Waals surface area contributed by atoms with Crippen molar-refractivity contribution in [3.63, 3.8) is 0 Å². The van der Waals surface area contributed by atoms with Crippen molar-refractivity contribution in [2.24, 2.45) is 7.05 Å². The SMILES string of the molecule is C#CCOc1ccc(C(=O)c2ccc(C(=O)Nc3cc(-c4ccc(NC(=O)C5=CCCC=C5)cc4)nn3C)cc2)cc1.